The van der Waals surface area contributed by atoms with Gasteiger partial charge in [0.25, 0.3) is 5.91 Å². The lowest BCUT2D eigenvalue weighted by molar-refractivity contribution is -0.123. The van der Waals surface area contributed by atoms with Gasteiger partial charge in [0, 0.05) is 24.0 Å². The van der Waals surface area contributed by atoms with E-state index < -0.39 is 16.1 Å². The number of nitrogens with zero attached hydrogens (tertiary/aromatic N) is 1. The molecule has 1 atom stereocenters. The quantitative estimate of drug-likeness (QED) is 0.661. The number of methoxy groups -OCH3 is 1. The zero-order valence-electron chi connectivity index (χ0n) is 18.1. The Morgan fingerprint density at radius 2 is 1.94 bits per heavy atom. The fourth-order valence-corrected chi connectivity index (χ4v) is 5.54. The smallest absolute Gasteiger partial charge is 0.265 e. The molecule has 0 bridgehead atoms. The Morgan fingerprint density at radius 1 is 1.21 bits per heavy atom. The molecular formula is C22H24ClN3O6S. The van der Waals surface area contributed by atoms with Crippen LogP contribution in [0.1, 0.15) is 19.8 Å². The van der Waals surface area contributed by atoms with Crippen molar-refractivity contribution in [2.75, 3.05) is 30.8 Å². The molecule has 1 saturated heterocycles. The first-order chi connectivity index (χ1) is 15.7. The maximum atomic E-state index is 13.1. The molecule has 11 heteroatoms. The van der Waals surface area contributed by atoms with Gasteiger partial charge in [0.15, 0.2) is 6.10 Å². The molecule has 33 heavy (non-hydrogen) atoms. The third-order valence-corrected chi connectivity index (χ3v) is 7.89. The van der Waals surface area contributed by atoms with Gasteiger partial charge in [-0.1, -0.05) is 11.6 Å². The van der Waals surface area contributed by atoms with Gasteiger partial charge in [-0.3, -0.25) is 9.59 Å². The highest BCUT2D eigenvalue weighted by Crippen LogP contribution is 2.34. The fraction of sp³-hybridized carbons (Fsp3) is 0.364. The number of ether oxygens (including phenoxy) is 2. The molecule has 4 rings (SSSR count). The van der Waals surface area contributed by atoms with Crippen LogP contribution in [0.25, 0.3) is 0 Å². The van der Waals surface area contributed by atoms with E-state index in [1.165, 1.54) is 29.6 Å². The van der Waals surface area contributed by atoms with Crippen LogP contribution in [0.15, 0.2) is 41.3 Å². The first kappa shape index (κ1) is 23.3. The van der Waals surface area contributed by atoms with E-state index in [0.717, 1.165) is 0 Å². The number of benzene rings is 2. The van der Waals surface area contributed by atoms with Gasteiger partial charge >= 0.3 is 0 Å². The first-order valence-electron chi connectivity index (χ1n) is 10.4. The lowest BCUT2D eigenvalue weighted by Gasteiger charge is -2.31. The number of hydrogen-bond donors (Lipinski definition) is 2. The van der Waals surface area contributed by atoms with Crippen molar-refractivity contribution in [3.05, 3.63) is 41.4 Å². The molecule has 0 radical (unpaired) electrons. The number of carbonyl (C=O) groups excluding carboxylic acids is 2. The van der Waals surface area contributed by atoms with Crippen LogP contribution >= 0.6 is 11.6 Å². The monoisotopic (exact) mass is 493 g/mol. The minimum Gasteiger partial charge on any atom is -0.495 e. The summed E-state index contributed by atoms with van der Waals surface area (Å²) in [5, 5.41) is 5.96. The van der Waals surface area contributed by atoms with Gasteiger partial charge in [-0.25, -0.2) is 8.42 Å². The predicted molar refractivity (Wildman–Crippen MR) is 123 cm³/mol. The number of nitrogens with one attached hydrogen (secondary N) is 2. The Labute approximate surface area is 197 Å². The molecule has 9 nitrogen and oxygen atoms in total. The minimum atomic E-state index is -3.79. The zero-order valence-corrected chi connectivity index (χ0v) is 19.7. The molecule has 176 valence electrons. The SMILES string of the molecule is COc1ccc(Cl)cc1NC(=O)C1CCN(S(=O)(=O)c2ccc3c(c2)NC(=O)C(C)O3)CC1. The Hall–Kier alpha value is -2.82. The summed E-state index contributed by atoms with van der Waals surface area (Å²) in [7, 11) is -2.29. The topological polar surface area (TPSA) is 114 Å². The highest BCUT2D eigenvalue weighted by Gasteiger charge is 2.33. The second kappa shape index (κ2) is 9.20. The van der Waals surface area contributed by atoms with E-state index in [0.29, 0.717) is 40.7 Å². The second-order valence-corrected chi connectivity index (χ2v) is 10.3. The molecular weight excluding hydrogens is 470 g/mol. The van der Waals surface area contributed by atoms with Gasteiger partial charge in [-0.2, -0.15) is 4.31 Å². The van der Waals surface area contributed by atoms with Gasteiger partial charge < -0.3 is 20.1 Å². The zero-order chi connectivity index (χ0) is 23.8. The number of fused-ring (bicyclic) bond motifs is 1. The summed E-state index contributed by atoms with van der Waals surface area (Å²) in [6.07, 6.45) is 0.101. The standard InChI is InChI=1S/C22H24ClN3O6S/c1-13-21(27)24-18-12-16(4-6-20(18)32-13)33(29,30)26-9-7-14(8-10-26)22(28)25-17-11-15(23)3-5-19(17)31-2/h3-6,11-14H,7-10H2,1-2H3,(H,24,27)(H,25,28). The van der Waals surface area contributed by atoms with Crippen LogP contribution in [0, 0.1) is 5.92 Å². The number of piperidine rings is 1. The minimum absolute atomic E-state index is 0.0614. The number of amides is 2. The Kier molecular flexibility index (Phi) is 6.51. The third-order valence-electron chi connectivity index (χ3n) is 5.76. The summed E-state index contributed by atoms with van der Waals surface area (Å²) in [5.41, 5.74) is 0.793. The Bertz CT molecular complexity index is 1190. The van der Waals surface area contributed by atoms with Crippen molar-refractivity contribution in [1.29, 1.82) is 0 Å². The molecule has 2 aliphatic heterocycles. The molecule has 2 aromatic rings. The molecule has 0 aliphatic carbocycles. The lowest BCUT2D eigenvalue weighted by Crippen LogP contribution is -2.41. The predicted octanol–water partition coefficient (Wildman–Crippen LogP) is 3.11. The van der Waals surface area contributed by atoms with Crippen LogP contribution in [-0.4, -0.2) is 50.8 Å². The van der Waals surface area contributed by atoms with Crippen LogP contribution < -0.4 is 20.1 Å². The van der Waals surface area contributed by atoms with Crippen molar-refractivity contribution in [2.45, 2.75) is 30.8 Å². The van der Waals surface area contributed by atoms with Crippen molar-refractivity contribution >= 4 is 44.8 Å². The molecule has 2 N–H and O–H groups in total. The lowest BCUT2D eigenvalue weighted by atomic mass is 9.97. The molecule has 2 heterocycles. The fourth-order valence-electron chi connectivity index (χ4n) is 3.87. The number of anilines is 2. The molecule has 2 amide bonds. The largest absolute Gasteiger partial charge is 0.495 e. The average Bonchev–Trinajstić information content (AvgIpc) is 2.79. The van der Waals surface area contributed by atoms with E-state index in [1.807, 2.05) is 0 Å². The normalized spacial score (nSPS) is 19.2. The summed E-state index contributed by atoms with van der Waals surface area (Å²) < 4.78 is 38.4. The summed E-state index contributed by atoms with van der Waals surface area (Å²) in [6.45, 7) is 2.01. The van der Waals surface area contributed by atoms with Crippen LogP contribution in [0.5, 0.6) is 11.5 Å². The maximum Gasteiger partial charge on any atom is 0.265 e. The van der Waals surface area contributed by atoms with Crippen LogP contribution in [-0.2, 0) is 19.6 Å². The average molecular weight is 494 g/mol. The molecule has 1 unspecified atom stereocenters. The van der Waals surface area contributed by atoms with Crippen molar-refractivity contribution < 1.29 is 27.5 Å². The van der Waals surface area contributed by atoms with Crippen molar-refractivity contribution in [3.8, 4) is 11.5 Å². The van der Waals surface area contributed by atoms with Gasteiger partial charge in [-0.05, 0) is 56.2 Å². The van der Waals surface area contributed by atoms with E-state index >= 15 is 0 Å². The van der Waals surface area contributed by atoms with Crippen molar-refractivity contribution in [3.63, 3.8) is 0 Å². The summed E-state index contributed by atoms with van der Waals surface area (Å²) in [4.78, 5) is 24.7. The van der Waals surface area contributed by atoms with Gasteiger partial charge in [0.1, 0.15) is 11.5 Å². The van der Waals surface area contributed by atoms with E-state index in [1.54, 1.807) is 25.1 Å². The van der Waals surface area contributed by atoms with E-state index in [-0.39, 0.29) is 35.7 Å². The van der Waals surface area contributed by atoms with Crippen LogP contribution in [0.4, 0.5) is 11.4 Å². The van der Waals surface area contributed by atoms with Crippen molar-refractivity contribution in [2.24, 2.45) is 5.92 Å². The van der Waals surface area contributed by atoms with Gasteiger partial charge in [0.05, 0.1) is 23.4 Å². The Balaban J connectivity index is 1.42. The van der Waals surface area contributed by atoms with E-state index in [2.05, 4.69) is 10.6 Å². The first-order valence-corrected chi connectivity index (χ1v) is 12.3. The van der Waals surface area contributed by atoms with E-state index in [9.17, 15) is 18.0 Å². The van der Waals surface area contributed by atoms with Gasteiger partial charge in [0.2, 0.25) is 15.9 Å². The molecule has 0 aromatic heterocycles. The maximum absolute atomic E-state index is 13.1. The summed E-state index contributed by atoms with van der Waals surface area (Å²) in [6, 6.07) is 9.34. The molecule has 0 spiro atoms. The summed E-state index contributed by atoms with van der Waals surface area (Å²) in [5.74, 6) is 0.0203. The highest BCUT2D eigenvalue weighted by atomic mass is 35.5. The molecule has 1 fully saturated rings. The second-order valence-electron chi connectivity index (χ2n) is 7.92. The van der Waals surface area contributed by atoms with Gasteiger partial charge in [-0.15, -0.1) is 0 Å². The van der Waals surface area contributed by atoms with Crippen molar-refractivity contribution in [1.82, 2.24) is 4.31 Å². The number of sulfonamides is 1. The highest BCUT2D eigenvalue weighted by molar-refractivity contribution is 7.89. The number of carbonyl (C=O) groups is 2. The van der Waals surface area contributed by atoms with Crippen LogP contribution in [0.2, 0.25) is 5.02 Å². The molecule has 0 saturated carbocycles. The Morgan fingerprint density at radius 3 is 2.64 bits per heavy atom. The number of hydrogen-bond acceptors (Lipinski definition) is 6. The van der Waals surface area contributed by atoms with Crippen LogP contribution in [0.3, 0.4) is 0 Å². The molecule has 2 aromatic carbocycles. The third kappa shape index (κ3) is 4.78. The molecule has 2 aliphatic rings. The summed E-state index contributed by atoms with van der Waals surface area (Å²) >= 11 is 6.02. The number of rotatable bonds is 5. The number of halogens is 1. The van der Waals surface area contributed by atoms with E-state index in [4.69, 9.17) is 21.1 Å².